The molecule has 1 fully saturated rings. The largest absolute Gasteiger partial charge is 0.497 e. The summed E-state index contributed by atoms with van der Waals surface area (Å²) in [5.41, 5.74) is 4.15. The van der Waals surface area contributed by atoms with Crippen LogP contribution in [0.2, 0.25) is 0 Å². The van der Waals surface area contributed by atoms with Gasteiger partial charge in [-0.2, -0.15) is 0 Å². The van der Waals surface area contributed by atoms with E-state index in [1.807, 2.05) is 12.1 Å². The predicted molar refractivity (Wildman–Crippen MR) is 100 cm³/mol. The maximum absolute atomic E-state index is 11.6. The average molecular weight is 356 g/mol. The van der Waals surface area contributed by atoms with E-state index in [1.165, 1.54) is 23.6 Å². The molecule has 4 atom stereocenters. The number of rotatable bonds is 3. The first-order valence-electron chi connectivity index (χ1n) is 9.75. The van der Waals surface area contributed by atoms with E-state index in [1.54, 1.807) is 7.11 Å². The fraction of sp³-hybridized carbons (Fsp3) is 0.591. The van der Waals surface area contributed by atoms with E-state index in [0.717, 1.165) is 43.6 Å². The quantitative estimate of drug-likeness (QED) is 0.733. The minimum absolute atomic E-state index is 0.0357. The van der Waals surface area contributed by atoms with E-state index >= 15 is 0 Å². The molecule has 1 saturated carbocycles. The zero-order valence-corrected chi connectivity index (χ0v) is 16.1. The summed E-state index contributed by atoms with van der Waals surface area (Å²) in [6.07, 6.45) is 5.24. The normalized spacial score (nSPS) is 32.2. The van der Waals surface area contributed by atoms with Gasteiger partial charge in [0.2, 0.25) is 0 Å². The number of esters is 1. The Balaban J connectivity index is 1.77. The van der Waals surface area contributed by atoms with Crippen molar-refractivity contribution >= 4 is 11.5 Å². The number of carbonyl (C=O) groups is 1. The number of carbonyl (C=O) groups excluding carboxylic acids is 1. The van der Waals surface area contributed by atoms with Crippen molar-refractivity contribution in [2.24, 2.45) is 11.3 Å². The summed E-state index contributed by atoms with van der Waals surface area (Å²) in [5.74, 6) is 2.03. The molecule has 0 bridgehead atoms. The lowest BCUT2D eigenvalue weighted by atomic mass is 9.61. The van der Waals surface area contributed by atoms with Gasteiger partial charge in [-0.25, -0.2) is 0 Å². The summed E-state index contributed by atoms with van der Waals surface area (Å²) in [5, 5.41) is 0. The van der Waals surface area contributed by atoms with Crippen LogP contribution in [-0.2, 0) is 9.53 Å². The van der Waals surface area contributed by atoms with Crippen LogP contribution in [0.25, 0.3) is 5.57 Å². The van der Waals surface area contributed by atoms with Gasteiger partial charge in [0.25, 0.3) is 0 Å². The number of hydrogen-bond donors (Lipinski definition) is 0. The first-order valence-corrected chi connectivity index (χ1v) is 9.75. The minimum atomic E-state index is -0.159. The van der Waals surface area contributed by atoms with Crippen molar-refractivity contribution in [1.82, 2.24) is 0 Å². The van der Waals surface area contributed by atoms with E-state index < -0.39 is 0 Å². The van der Waals surface area contributed by atoms with Gasteiger partial charge in [0, 0.05) is 24.0 Å². The Morgan fingerprint density at radius 1 is 1.35 bits per heavy atom. The van der Waals surface area contributed by atoms with Gasteiger partial charge >= 0.3 is 5.97 Å². The smallest absolute Gasteiger partial charge is 0.302 e. The van der Waals surface area contributed by atoms with Crippen LogP contribution >= 0.6 is 0 Å². The zero-order chi connectivity index (χ0) is 18.5. The highest BCUT2D eigenvalue weighted by molar-refractivity contribution is 5.78. The standard InChI is InChI=1S/C22H28O4/c1-5-22-11-10-17-16-7-6-15(24-4)12-19(16)25-13(2)21(17)18(22)8-9-20(22)26-14(3)23/h6-7,12-13,18,20H,5,8-11H2,1-4H3/t13-,18-,20-,22-/m0/s1. The van der Waals surface area contributed by atoms with E-state index in [0.29, 0.717) is 5.92 Å². The molecule has 3 aliphatic rings. The molecule has 26 heavy (non-hydrogen) atoms. The third kappa shape index (κ3) is 2.45. The number of hydrogen-bond acceptors (Lipinski definition) is 4. The van der Waals surface area contributed by atoms with Gasteiger partial charge < -0.3 is 14.2 Å². The van der Waals surface area contributed by atoms with Crippen LogP contribution in [-0.4, -0.2) is 25.3 Å². The van der Waals surface area contributed by atoms with Crippen LogP contribution in [0.5, 0.6) is 11.5 Å². The van der Waals surface area contributed by atoms with Crippen molar-refractivity contribution in [2.75, 3.05) is 7.11 Å². The highest BCUT2D eigenvalue weighted by Crippen LogP contribution is 2.61. The fourth-order valence-corrected chi connectivity index (χ4v) is 5.71. The Morgan fingerprint density at radius 2 is 2.15 bits per heavy atom. The van der Waals surface area contributed by atoms with Crippen LogP contribution in [0.15, 0.2) is 23.8 Å². The first kappa shape index (κ1) is 17.4. The molecule has 0 N–H and O–H groups in total. The molecule has 1 aliphatic heterocycles. The minimum Gasteiger partial charge on any atom is -0.497 e. The molecule has 0 spiro atoms. The van der Waals surface area contributed by atoms with Gasteiger partial charge in [-0.1, -0.05) is 6.92 Å². The van der Waals surface area contributed by atoms with Crippen molar-refractivity contribution in [2.45, 2.75) is 65.1 Å². The molecule has 4 heteroatoms. The molecule has 4 rings (SSSR count). The van der Waals surface area contributed by atoms with Gasteiger partial charge in [-0.3, -0.25) is 4.79 Å². The molecule has 0 radical (unpaired) electrons. The molecule has 0 aromatic heterocycles. The van der Waals surface area contributed by atoms with Crippen LogP contribution in [0.4, 0.5) is 0 Å². The Morgan fingerprint density at radius 3 is 2.85 bits per heavy atom. The lowest BCUT2D eigenvalue weighted by molar-refractivity contribution is -0.153. The summed E-state index contributed by atoms with van der Waals surface area (Å²) in [4.78, 5) is 11.6. The molecule has 1 aromatic carbocycles. The molecular formula is C22H28O4. The van der Waals surface area contributed by atoms with Crippen LogP contribution in [0.3, 0.4) is 0 Å². The van der Waals surface area contributed by atoms with Crippen molar-refractivity contribution in [1.29, 1.82) is 0 Å². The summed E-state index contributed by atoms with van der Waals surface area (Å²) in [7, 11) is 1.68. The highest BCUT2D eigenvalue weighted by atomic mass is 16.5. The Labute approximate surface area is 155 Å². The monoisotopic (exact) mass is 356 g/mol. The third-order valence-corrected chi connectivity index (χ3v) is 6.84. The lowest BCUT2D eigenvalue weighted by Crippen LogP contribution is -2.43. The van der Waals surface area contributed by atoms with Crippen LogP contribution in [0, 0.1) is 11.3 Å². The maximum Gasteiger partial charge on any atom is 0.302 e. The second kappa shape index (κ2) is 6.33. The highest BCUT2D eigenvalue weighted by Gasteiger charge is 2.55. The molecule has 2 aliphatic carbocycles. The Hall–Kier alpha value is -1.97. The van der Waals surface area contributed by atoms with Crippen LogP contribution in [0.1, 0.15) is 58.4 Å². The predicted octanol–water partition coefficient (Wildman–Crippen LogP) is 4.76. The lowest BCUT2D eigenvalue weighted by Gasteiger charge is -2.47. The molecule has 140 valence electrons. The molecular weight excluding hydrogens is 328 g/mol. The van der Waals surface area contributed by atoms with Gasteiger partial charge in [-0.05, 0) is 68.2 Å². The van der Waals surface area contributed by atoms with Gasteiger partial charge in [0.15, 0.2) is 0 Å². The topological polar surface area (TPSA) is 44.8 Å². The van der Waals surface area contributed by atoms with Gasteiger partial charge in [0.05, 0.1) is 7.11 Å². The molecule has 4 nitrogen and oxygen atoms in total. The van der Waals surface area contributed by atoms with E-state index in [-0.39, 0.29) is 23.6 Å². The summed E-state index contributed by atoms with van der Waals surface area (Å²) in [6.45, 7) is 5.93. The maximum atomic E-state index is 11.6. The van der Waals surface area contributed by atoms with Crippen molar-refractivity contribution in [3.8, 4) is 11.5 Å². The van der Waals surface area contributed by atoms with E-state index in [4.69, 9.17) is 14.2 Å². The summed E-state index contributed by atoms with van der Waals surface area (Å²) >= 11 is 0. The molecule has 0 saturated heterocycles. The molecule has 1 heterocycles. The third-order valence-electron chi connectivity index (χ3n) is 6.84. The second-order valence-corrected chi connectivity index (χ2v) is 7.87. The Bertz CT molecular complexity index is 765. The first-order chi connectivity index (χ1) is 12.5. The van der Waals surface area contributed by atoms with Gasteiger partial charge in [-0.15, -0.1) is 0 Å². The SMILES string of the molecule is CC[C@]12CCC3=C([C@H](C)Oc4cc(OC)ccc43)[C@@H]1CC[C@@H]2OC(C)=O. The Kier molecular flexibility index (Phi) is 4.25. The number of benzene rings is 1. The zero-order valence-electron chi connectivity index (χ0n) is 16.1. The fourth-order valence-electron chi connectivity index (χ4n) is 5.71. The average Bonchev–Trinajstić information content (AvgIpc) is 2.99. The van der Waals surface area contributed by atoms with Crippen molar-refractivity contribution < 1.29 is 19.0 Å². The number of fused-ring (bicyclic) bond motifs is 4. The van der Waals surface area contributed by atoms with E-state index in [9.17, 15) is 4.79 Å². The number of allylic oxidation sites excluding steroid dienone is 1. The molecule has 0 amide bonds. The molecule has 0 unspecified atom stereocenters. The summed E-state index contributed by atoms with van der Waals surface area (Å²) in [6, 6.07) is 6.14. The van der Waals surface area contributed by atoms with Gasteiger partial charge in [0.1, 0.15) is 23.7 Å². The second-order valence-electron chi connectivity index (χ2n) is 7.87. The number of methoxy groups -OCH3 is 1. The number of ether oxygens (including phenoxy) is 3. The van der Waals surface area contributed by atoms with Crippen LogP contribution < -0.4 is 9.47 Å². The van der Waals surface area contributed by atoms with Crippen molar-refractivity contribution in [3.05, 3.63) is 29.3 Å². The summed E-state index contributed by atoms with van der Waals surface area (Å²) < 4.78 is 17.4. The van der Waals surface area contributed by atoms with Crippen molar-refractivity contribution in [3.63, 3.8) is 0 Å². The molecule has 1 aromatic rings. The van der Waals surface area contributed by atoms with E-state index in [2.05, 4.69) is 19.9 Å².